The molecular weight excluding hydrogens is 240 g/mol. The van der Waals surface area contributed by atoms with Crippen molar-refractivity contribution in [2.75, 3.05) is 6.61 Å². The van der Waals surface area contributed by atoms with Crippen LogP contribution in [0.25, 0.3) is 0 Å². The SMILES string of the molecule is Cc1ccccc1OCC1=NC=C(N)S1(=O)=O. The maximum Gasteiger partial charge on any atom is 0.239 e. The van der Waals surface area contributed by atoms with Crippen molar-refractivity contribution in [1.82, 2.24) is 0 Å². The normalized spacial score (nSPS) is 17.5. The predicted molar refractivity (Wildman–Crippen MR) is 65.3 cm³/mol. The molecule has 0 spiro atoms. The van der Waals surface area contributed by atoms with E-state index in [2.05, 4.69) is 4.99 Å². The molecule has 17 heavy (non-hydrogen) atoms. The number of para-hydroxylation sites is 1. The standard InChI is InChI=1S/C11H12N2O3S/c1-8-4-2-3-5-9(8)16-7-11-13-6-10(12)17(11,14)15/h2-6H,7,12H2,1H3. The Labute approximate surface area is 99.5 Å². The lowest BCUT2D eigenvalue weighted by Gasteiger charge is -2.08. The highest BCUT2D eigenvalue weighted by Crippen LogP contribution is 2.18. The second-order valence-electron chi connectivity index (χ2n) is 3.61. The first kappa shape index (κ1) is 11.7. The highest BCUT2D eigenvalue weighted by Gasteiger charge is 2.27. The molecule has 5 nitrogen and oxygen atoms in total. The Morgan fingerprint density at radius 2 is 2.06 bits per heavy atom. The van der Waals surface area contributed by atoms with Crippen molar-refractivity contribution in [3.63, 3.8) is 0 Å². The van der Waals surface area contributed by atoms with Crippen molar-refractivity contribution in [3.05, 3.63) is 41.1 Å². The second kappa shape index (κ2) is 4.21. The molecule has 0 unspecified atom stereocenters. The first-order valence-electron chi connectivity index (χ1n) is 4.97. The van der Waals surface area contributed by atoms with Gasteiger partial charge in [-0.15, -0.1) is 0 Å². The van der Waals surface area contributed by atoms with Crippen LogP contribution >= 0.6 is 0 Å². The number of nitrogens with two attached hydrogens (primary N) is 1. The number of benzene rings is 1. The molecule has 6 heteroatoms. The van der Waals surface area contributed by atoms with Gasteiger partial charge in [0.1, 0.15) is 12.4 Å². The second-order valence-corrected chi connectivity index (χ2v) is 5.56. The largest absolute Gasteiger partial charge is 0.486 e. The van der Waals surface area contributed by atoms with Gasteiger partial charge < -0.3 is 10.5 Å². The van der Waals surface area contributed by atoms with E-state index in [1.807, 2.05) is 25.1 Å². The molecule has 0 aromatic heterocycles. The van der Waals surface area contributed by atoms with Gasteiger partial charge >= 0.3 is 0 Å². The third-order valence-electron chi connectivity index (χ3n) is 2.40. The van der Waals surface area contributed by atoms with Gasteiger partial charge in [-0.05, 0) is 18.6 Å². The minimum atomic E-state index is -3.58. The van der Waals surface area contributed by atoms with E-state index in [0.717, 1.165) is 11.8 Å². The van der Waals surface area contributed by atoms with E-state index < -0.39 is 9.84 Å². The average Bonchev–Trinajstić information content (AvgIpc) is 2.54. The predicted octanol–water partition coefficient (Wildman–Crippen LogP) is 0.958. The number of ether oxygens (including phenoxy) is 1. The summed E-state index contributed by atoms with van der Waals surface area (Å²) < 4.78 is 28.6. The lowest BCUT2D eigenvalue weighted by molar-refractivity contribution is 0.376. The quantitative estimate of drug-likeness (QED) is 0.868. The Bertz CT molecular complexity index is 603. The Hall–Kier alpha value is -1.82. The van der Waals surface area contributed by atoms with Crippen molar-refractivity contribution < 1.29 is 13.2 Å². The molecule has 0 aliphatic carbocycles. The van der Waals surface area contributed by atoms with Crippen LogP contribution in [0.2, 0.25) is 0 Å². The number of hydrogen-bond donors (Lipinski definition) is 1. The van der Waals surface area contributed by atoms with Gasteiger partial charge in [-0.25, -0.2) is 13.4 Å². The van der Waals surface area contributed by atoms with E-state index in [0.29, 0.717) is 5.75 Å². The van der Waals surface area contributed by atoms with E-state index in [1.165, 1.54) is 0 Å². The lowest BCUT2D eigenvalue weighted by atomic mass is 10.2. The summed E-state index contributed by atoms with van der Waals surface area (Å²) in [7, 11) is -3.58. The van der Waals surface area contributed by atoms with E-state index in [4.69, 9.17) is 10.5 Å². The third-order valence-corrected chi connectivity index (χ3v) is 3.97. The molecule has 0 bridgehead atoms. The number of sulfone groups is 1. The first-order valence-corrected chi connectivity index (χ1v) is 6.46. The minimum absolute atomic E-state index is 0.0572. The summed E-state index contributed by atoms with van der Waals surface area (Å²) >= 11 is 0. The van der Waals surface area contributed by atoms with E-state index in [1.54, 1.807) is 6.07 Å². The van der Waals surface area contributed by atoms with Crippen LogP contribution in [-0.2, 0) is 9.84 Å². The van der Waals surface area contributed by atoms with Crippen LogP contribution in [0.1, 0.15) is 5.56 Å². The molecule has 2 N–H and O–H groups in total. The van der Waals surface area contributed by atoms with Crippen LogP contribution in [0.4, 0.5) is 0 Å². The van der Waals surface area contributed by atoms with Gasteiger partial charge in [-0.2, -0.15) is 0 Å². The molecule has 1 aromatic rings. The number of aliphatic imine (C=N–C) groups is 1. The van der Waals surface area contributed by atoms with Gasteiger partial charge in [0.05, 0.1) is 6.20 Å². The van der Waals surface area contributed by atoms with Crippen molar-refractivity contribution in [2.45, 2.75) is 6.92 Å². The summed E-state index contributed by atoms with van der Waals surface area (Å²) in [4.78, 5) is 3.73. The summed E-state index contributed by atoms with van der Waals surface area (Å²) in [5, 5.41) is -0.292. The zero-order chi connectivity index (χ0) is 12.5. The summed E-state index contributed by atoms with van der Waals surface area (Å²) in [6.45, 7) is 1.78. The van der Waals surface area contributed by atoms with Gasteiger partial charge in [0, 0.05) is 0 Å². The van der Waals surface area contributed by atoms with Gasteiger partial charge in [0.15, 0.2) is 10.1 Å². The van der Waals surface area contributed by atoms with Crippen LogP contribution < -0.4 is 10.5 Å². The molecule has 0 atom stereocenters. The summed E-state index contributed by atoms with van der Waals surface area (Å²) in [5.41, 5.74) is 6.24. The molecule has 1 aliphatic rings. The highest BCUT2D eigenvalue weighted by atomic mass is 32.2. The van der Waals surface area contributed by atoms with Crippen molar-refractivity contribution in [3.8, 4) is 5.75 Å². The van der Waals surface area contributed by atoms with Crippen LogP contribution in [0.15, 0.2) is 40.5 Å². The fraction of sp³-hybridized carbons (Fsp3) is 0.182. The Morgan fingerprint density at radius 1 is 1.35 bits per heavy atom. The summed E-state index contributed by atoms with van der Waals surface area (Å²) in [5.74, 6) is 0.635. The number of rotatable bonds is 3. The molecule has 1 aromatic carbocycles. The zero-order valence-electron chi connectivity index (χ0n) is 9.25. The van der Waals surface area contributed by atoms with E-state index in [-0.39, 0.29) is 16.7 Å². The molecule has 2 rings (SSSR count). The smallest absolute Gasteiger partial charge is 0.239 e. The Morgan fingerprint density at radius 3 is 2.65 bits per heavy atom. The van der Waals surface area contributed by atoms with Gasteiger partial charge in [0.25, 0.3) is 0 Å². The average molecular weight is 252 g/mol. The van der Waals surface area contributed by atoms with Gasteiger partial charge in [-0.3, -0.25) is 0 Å². The van der Waals surface area contributed by atoms with Crippen molar-refractivity contribution >= 4 is 14.9 Å². The molecule has 1 heterocycles. The molecule has 1 aliphatic heterocycles. The fourth-order valence-corrected chi connectivity index (χ4v) is 2.25. The van der Waals surface area contributed by atoms with Crippen LogP contribution in [-0.4, -0.2) is 20.1 Å². The molecule has 0 amide bonds. The Kier molecular flexibility index (Phi) is 2.89. The molecule has 0 saturated carbocycles. The molecule has 90 valence electrons. The molecular formula is C11H12N2O3S. The van der Waals surface area contributed by atoms with Crippen molar-refractivity contribution in [2.24, 2.45) is 10.7 Å². The number of hydrogen-bond acceptors (Lipinski definition) is 5. The molecule has 0 radical (unpaired) electrons. The monoisotopic (exact) mass is 252 g/mol. The maximum absolute atomic E-state index is 11.6. The third kappa shape index (κ3) is 2.16. The Balaban J connectivity index is 2.10. The lowest BCUT2D eigenvalue weighted by Crippen LogP contribution is -2.23. The summed E-state index contributed by atoms with van der Waals surface area (Å²) in [6, 6.07) is 7.35. The fourth-order valence-electron chi connectivity index (χ4n) is 1.38. The topological polar surface area (TPSA) is 81.8 Å². The zero-order valence-corrected chi connectivity index (χ0v) is 10.1. The van der Waals surface area contributed by atoms with Crippen LogP contribution in [0.5, 0.6) is 5.75 Å². The first-order chi connectivity index (χ1) is 8.01. The van der Waals surface area contributed by atoms with Gasteiger partial charge in [-0.1, -0.05) is 18.2 Å². The molecule has 0 saturated heterocycles. The van der Waals surface area contributed by atoms with Crippen LogP contribution in [0.3, 0.4) is 0 Å². The summed E-state index contributed by atoms with van der Waals surface area (Å²) in [6.07, 6.45) is 1.13. The van der Waals surface area contributed by atoms with Crippen LogP contribution in [0, 0.1) is 6.92 Å². The van der Waals surface area contributed by atoms with E-state index >= 15 is 0 Å². The minimum Gasteiger partial charge on any atom is -0.486 e. The van der Waals surface area contributed by atoms with Crippen molar-refractivity contribution in [1.29, 1.82) is 0 Å². The van der Waals surface area contributed by atoms with E-state index in [9.17, 15) is 8.42 Å². The highest BCUT2D eigenvalue weighted by molar-refractivity contribution is 8.10. The number of aryl methyl sites for hydroxylation is 1. The van der Waals surface area contributed by atoms with Gasteiger partial charge in [0.2, 0.25) is 9.84 Å². The molecule has 0 fully saturated rings. The number of nitrogens with zero attached hydrogens (tertiary/aromatic N) is 1. The maximum atomic E-state index is 11.6.